The third-order valence-electron chi connectivity index (χ3n) is 3.50. The maximum Gasteiger partial charge on any atom is 0.0870 e. The van der Waals surface area contributed by atoms with E-state index in [0.717, 1.165) is 11.6 Å². The minimum absolute atomic E-state index is 0.580. The van der Waals surface area contributed by atoms with Crippen LogP contribution in [0.3, 0.4) is 0 Å². The Hall–Kier alpha value is -0.640. The highest BCUT2D eigenvalue weighted by Crippen LogP contribution is 2.25. The molecule has 0 heterocycles. The molecule has 2 N–H and O–H groups in total. The first kappa shape index (κ1) is 13.8. The number of thiocarbonyl (C=S) groups is 1. The lowest BCUT2D eigenvalue weighted by Gasteiger charge is -2.28. The van der Waals surface area contributed by atoms with Crippen LogP contribution in [0.15, 0.2) is 24.3 Å². The first-order valence-corrected chi connectivity index (χ1v) is 7.20. The maximum atomic E-state index is 5.91. The molecule has 0 unspecified atom stereocenters. The Labute approximate surface area is 119 Å². The van der Waals surface area contributed by atoms with Crippen molar-refractivity contribution in [3.05, 3.63) is 34.9 Å². The monoisotopic (exact) mass is 282 g/mol. The molecule has 0 bridgehead atoms. The predicted molar refractivity (Wildman–Crippen MR) is 80.9 cm³/mol. The van der Waals surface area contributed by atoms with Crippen molar-refractivity contribution in [3.8, 4) is 0 Å². The first-order valence-electron chi connectivity index (χ1n) is 6.42. The zero-order valence-corrected chi connectivity index (χ0v) is 12.0. The van der Waals surface area contributed by atoms with Crippen LogP contribution in [0.25, 0.3) is 0 Å². The highest BCUT2D eigenvalue weighted by atomic mass is 35.5. The second-order valence-corrected chi connectivity index (χ2v) is 5.90. The van der Waals surface area contributed by atoms with Crippen LogP contribution >= 0.6 is 23.8 Å². The molecular weight excluding hydrogens is 264 g/mol. The molecule has 1 aromatic rings. The molecule has 1 fully saturated rings. The summed E-state index contributed by atoms with van der Waals surface area (Å²) in [6.07, 6.45) is 5.16. The Morgan fingerprint density at radius 2 is 1.89 bits per heavy atom. The van der Waals surface area contributed by atoms with Crippen LogP contribution in [0.4, 0.5) is 0 Å². The van der Waals surface area contributed by atoms with Crippen molar-refractivity contribution < 1.29 is 0 Å². The van der Waals surface area contributed by atoms with Gasteiger partial charge in [0.2, 0.25) is 0 Å². The summed E-state index contributed by atoms with van der Waals surface area (Å²) in [6.45, 7) is 1.61. The first-order chi connectivity index (χ1) is 8.65. The molecule has 0 radical (unpaired) electrons. The maximum absolute atomic E-state index is 5.91. The molecular formula is C14H19ClN2S. The van der Waals surface area contributed by atoms with Gasteiger partial charge in [0.15, 0.2) is 0 Å². The van der Waals surface area contributed by atoms with Crippen molar-refractivity contribution in [2.45, 2.75) is 38.3 Å². The number of hydrogen-bond acceptors (Lipinski definition) is 2. The van der Waals surface area contributed by atoms with E-state index in [9.17, 15) is 0 Å². The molecule has 1 aliphatic carbocycles. The second-order valence-electron chi connectivity index (χ2n) is 4.94. The van der Waals surface area contributed by atoms with Crippen molar-refractivity contribution >= 4 is 28.8 Å². The molecule has 0 amide bonds. The molecule has 0 aliphatic heterocycles. The summed E-state index contributed by atoms with van der Waals surface area (Å²) < 4.78 is 0. The number of benzene rings is 1. The van der Waals surface area contributed by atoms with E-state index in [0.29, 0.717) is 17.6 Å². The lowest BCUT2D eigenvalue weighted by Crippen LogP contribution is -2.38. The molecule has 0 saturated heterocycles. The Morgan fingerprint density at radius 1 is 1.28 bits per heavy atom. The van der Waals surface area contributed by atoms with Gasteiger partial charge in [-0.25, -0.2) is 0 Å². The fourth-order valence-corrected chi connectivity index (χ4v) is 2.90. The van der Waals surface area contributed by atoms with E-state index in [2.05, 4.69) is 17.0 Å². The number of nitrogens with zero attached hydrogens (tertiary/aromatic N) is 1. The molecule has 1 saturated carbocycles. The smallest absolute Gasteiger partial charge is 0.0870 e. The van der Waals surface area contributed by atoms with Gasteiger partial charge in [0.25, 0.3) is 0 Å². The second kappa shape index (κ2) is 6.50. The number of rotatable bonds is 5. The summed E-state index contributed by atoms with van der Waals surface area (Å²) in [6, 6.07) is 8.64. The molecule has 98 valence electrons. The van der Waals surface area contributed by atoms with Crippen molar-refractivity contribution in [2.24, 2.45) is 5.73 Å². The van der Waals surface area contributed by atoms with Crippen LogP contribution in [-0.2, 0) is 6.54 Å². The third-order valence-corrected chi connectivity index (χ3v) is 3.88. The van der Waals surface area contributed by atoms with Crippen molar-refractivity contribution in [1.29, 1.82) is 0 Å². The van der Waals surface area contributed by atoms with Crippen molar-refractivity contribution in [1.82, 2.24) is 4.90 Å². The van der Waals surface area contributed by atoms with Gasteiger partial charge in [0.05, 0.1) is 4.99 Å². The fourth-order valence-electron chi connectivity index (χ4n) is 2.61. The lowest BCUT2D eigenvalue weighted by atomic mass is 10.1. The quantitative estimate of drug-likeness (QED) is 0.840. The summed E-state index contributed by atoms with van der Waals surface area (Å²) in [7, 11) is 0. The van der Waals surface area contributed by atoms with Crippen LogP contribution in [0, 0.1) is 0 Å². The van der Waals surface area contributed by atoms with Crippen LogP contribution in [0.2, 0.25) is 5.02 Å². The number of halogens is 1. The van der Waals surface area contributed by atoms with Gasteiger partial charge in [0.1, 0.15) is 0 Å². The largest absolute Gasteiger partial charge is 0.392 e. The molecule has 2 nitrogen and oxygen atoms in total. The minimum Gasteiger partial charge on any atom is -0.392 e. The van der Waals surface area contributed by atoms with Crippen LogP contribution < -0.4 is 5.73 Å². The van der Waals surface area contributed by atoms with Gasteiger partial charge in [-0.15, -0.1) is 0 Å². The SMILES string of the molecule is NC(=S)CN(Cc1ccc(Cl)cc1)C1CCCC1. The van der Waals surface area contributed by atoms with E-state index in [1.165, 1.54) is 31.2 Å². The zero-order valence-electron chi connectivity index (χ0n) is 10.4. The molecule has 2 rings (SSSR count). The van der Waals surface area contributed by atoms with E-state index in [-0.39, 0.29) is 0 Å². The molecule has 0 spiro atoms. The van der Waals surface area contributed by atoms with Crippen LogP contribution in [-0.4, -0.2) is 22.5 Å². The summed E-state index contributed by atoms with van der Waals surface area (Å²) in [5.74, 6) is 0. The van der Waals surface area contributed by atoms with Crippen molar-refractivity contribution in [3.63, 3.8) is 0 Å². The Morgan fingerprint density at radius 3 is 2.44 bits per heavy atom. The van der Waals surface area contributed by atoms with Gasteiger partial charge in [0, 0.05) is 24.2 Å². The van der Waals surface area contributed by atoms with Gasteiger partial charge in [-0.2, -0.15) is 0 Å². The van der Waals surface area contributed by atoms with E-state index >= 15 is 0 Å². The normalized spacial score (nSPS) is 16.3. The van der Waals surface area contributed by atoms with E-state index in [1.54, 1.807) is 0 Å². The van der Waals surface area contributed by atoms with Crippen molar-refractivity contribution in [2.75, 3.05) is 6.54 Å². The fraction of sp³-hybridized carbons (Fsp3) is 0.500. The average Bonchev–Trinajstić information content (AvgIpc) is 2.84. The van der Waals surface area contributed by atoms with Gasteiger partial charge in [-0.05, 0) is 30.5 Å². The van der Waals surface area contributed by atoms with E-state index in [1.807, 2.05) is 12.1 Å². The summed E-state index contributed by atoms with van der Waals surface area (Å²) in [4.78, 5) is 2.98. The highest BCUT2D eigenvalue weighted by molar-refractivity contribution is 7.80. The number of nitrogens with two attached hydrogens (primary N) is 1. The molecule has 1 aromatic carbocycles. The highest BCUT2D eigenvalue weighted by Gasteiger charge is 2.22. The van der Waals surface area contributed by atoms with Crippen LogP contribution in [0.1, 0.15) is 31.2 Å². The Balaban J connectivity index is 2.03. The standard InChI is InChI=1S/C14H19ClN2S/c15-12-7-5-11(6-8-12)9-17(10-14(16)18)13-3-1-2-4-13/h5-8,13H,1-4,9-10H2,(H2,16,18). The van der Waals surface area contributed by atoms with Gasteiger partial charge < -0.3 is 5.73 Å². The summed E-state index contributed by atoms with van der Waals surface area (Å²) >= 11 is 11.0. The minimum atomic E-state index is 0.580. The van der Waals surface area contributed by atoms with Gasteiger partial charge in [-0.1, -0.05) is 48.8 Å². The van der Waals surface area contributed by atoms with E-state index < -0.39 is 0 Å². The summed E-state index contributed by atoms with van der Waals surface area (Å²) in [5.41, 5.74) is 6.97. The van der Waals surface area contributed by atoms with Crippen LogP contribution in [0.5, 0.6) is 0 Å². The molecule has 1 aliphatic rings. The average molecular weight is 283 g/mol. The topological polar surface area (TPSA) is 29.3 Å². The Kier molecular flexibility index (Phi) is 4.98. The third kappa shape index (κ3) is 3.94. The summed E-state index contributed by atoms with van der Waals surface area (Å²) in [5, 5.41) is 0.778. The number of hydrogen-bond donors (Lipinski definition) is 1. The van der Waals surface area contributed by atoms with Gasteiger partial charge in [-0.3, -0.25) is 4.90 Å². The molecule has 4 heteroatoms. The predicted octanol–water partition coefficient (Wildman–Crippen LogP) is 3.37. The van der Waals surface area contributed by atoms with Gasteiger partial charge >= 0.3 is 0 Å². The Bertz CT molecular complexity index is 399. The molecule has 0 aromatic heterocycles. The zero-order chi connectivity index (χ0) is 13.0. The molecule has 18 heavy (non-hydrogen) atoms. The van der Waals surface area contributed by atoms with E-state index in [4.69, 9.17) is 29.6 Å². The molecule has 0 atom stereocenters. The lowest BCUT2D eigenvalue weighted by molar-refractivity contribution is 0.219.